The van der Waals surface area contributed by atoms with Crippen molar-refractivity contribution in [1.29, 1.82) is 0 Å². The second kappa shape index (κ2) is 8.18. The van der Waals surface area contributed by atoms with Crippen LogP contribution in [-0.2, 0) is 22.9 Å². The fourth-order valence-corrected chi connectivity index (χ4v) is 4.80. The molecule has 1 fully saturated rings. The summed E-state index contributed by atoms with van der Waals surface area (Å²) >= 11 is 0. The third-order valence-corrected chi connectivity index (χ3v) is 6.41. The van der Waals surface area contributed by atoms with Crippen LogP contribution in [0.3, 0.4) is 0 Å². The zero-order chi connectivity index (χ0) is 20.4. The molecular weight excluding hydrogens is 397 g/mol. The lowest BCUT2D eigenvalue weighted by molar-refractivity contribution is -0.159. The number of benzene rings is 1. The van der Waals surface area contributed by atoms with Gasteiger partial charge in [0.1, 0.15) is 0 Å². The van der Waals surface area contributed by atoms with Crippen molar-refractivity contribution in [1.82, 2.24) is 18.8 Å². The number of aromatic nitrogens is 2. The molecule has 154 valence electrons. The van der Waals surface area contributed by atoms with Gasteiger partial charge in [-0.3, -0.25) is 0 Å². The Labute approximate surface area is 161 Å². The van der Waals surface area contributed by atoms with Crippen LogP contribution in [0.2, 0.25) is 0 Å². The van der Waals surface area contributed by atoms with Gasteiger partial charge in [-0.15, -0.1) is 0 Å². The number of halogens is 3. The minimum Gasteiger partial charge on any atom is -0.329 e. The van der Waals surface area contributed by atoms with Crippen molar-refractivity contribution >= 4 is 10.2 Å². The van der Waals surface area contributed by atoms with E-state index in [0.29, 0.717) is 31.6 Å². The predicted octanol–water partition coefficient (Wildman–Crippen LogP) is 3.31. The molecule has 28 heavy (non-hydrogen) atoms. The highest BCUT2D eigenvalue weighted by Crippen LogP contribution is 2.29. The Morgan fingerprint density at radius 1 is 1.18 bits per heavy atom. The molecule has 11 heteroatoms. The summed E-state index contributed by atoms with van der Waals surface area (Å²) in [4.78, 5) is 3.35. The van der Waals surface area contributed by atoms with Gasteiger partial charge in [0.25, 0.3) is 10.2 Å². The summed E-state index contributed by atoms with van der Waals surface area (Å²) in [5.74, 6) is -1.58. The summed E-state index contributed by atoms with van der Waals surface area (Å²) in [5.41, 5.74) is 1.08. The van der Waals surface area contributed by atoms with Crippen LogP contribution in [0.25, 0.3) is 11.4 Å². The third kappa shape index (κ3) is 4.53. The van der Waals surface area contributed by atoms with Crippen LogP contribution in [0, 0.1) is 0 Å². The van der Waals surface area contributed by atoms with Crippen molar-refractivity contribution < 1.29 is 26.1 Å². The Hall–Kier alpha value is -1.98. The van der Waals surface area contributed by atoms with Crippen LogP contribution < -0.4 is 0 Å². The predicted molar refractivity (Wildman–Crippen MR) is 95.2 cm³/mol. The SMILES string of the molecule is CCCN(Cc1ccc(-c2noc(C(F)(F)F)n2)cc1)S(=O)(=O)N1CCCC1. The highest BCUT2D eigenvalue weighted by Gasteiger charge is 2.38. The molecular formula is C17H21F3N4O3S. The maximum atomic E-state index is 12.8. The number of alkyl halides is 3. The fourth-order valence-electron chi connectivity index (χ4n) is 3.03. The van der Waals surface area contributed by atoms with Gasteiger partial charge in [-0.05, 0) is 24.8 Å². The van der Waals surface area contributed by atoms with Crippen LogP contribution in [0.5, 0.6) is 0 Å². The molecule has 0 saturated carbocycles. The lowest BCUT2D eigenvalue weighted by atomic mass is 10.1. The van der Waals surface area contributed by atoms with E-state index >= 15 is 0 Å². The molecule has 1 aromatic heterocycles. The molecule has 0 unspecified atom stereocenters. The number of hydrogen-bond acceptors (Lipinski definition) is 5. The fraction of sp³-hybridized carbons (Fsp3) is 0.529. The summed E-state index contributed by atoms with van der Waals surface area (Å²) < 4.78 is 70.5. The lowest BCUT2D eigenvalue weighted by Gasteiger charge is -2.27. The third-order valence-electron chi connectivity index (χ3n) is 4.43. The molecule has 1 aromatic carbocycles. The Bertz CT molecular complexity index is 891. The molecule has 0 bridgehead atoms. The maximum Gasteiger partial charge on any atom is 0.471 e. The van der Waals surface area contributed by atoms with Crippen LogP contribution in [0.15, 0.2) is 28.8 Å². The van der Waals surface area contributed by atoms with E-state index < -0.39 is 22.3 Å². The molecule has 1 aliphatic heterocycles. The molecule has 2 heterocycles. The van der Waals surface area contributed by atoms with E-state index in [1.165, 1.54) is 8.61 Å². The van der Waals surface area contributed by atoms with Crippen LogP contribution in [0.1, 0.15) is 37.6 Å². The van der Waals surface area contributed by atoms with E-state index in [-0.39, 0.29) is 12.4 Å². The van der Waals surface area contributed by atoms with Crippen LogP contribution in [0.4, 0.5) is 13.2 Å². The zero-order valence-corrected chi connectivity index (χ0v) is 16.1. The molecule has 0 spiro atoms. The second-order valence-electron chi connectivity index (χ2n) is 6.57. The van der Waals surface area contributed by atoms with Gasteiger partial charge in [0.05, 0.1) is 0 Å². The summed E-state index contributed by atoms with van der Waals surface area (Å²) in [6.45, 7) is 3.54. The summed E-state index contributed by atoms with van der Waals surface area (Å²) in [5, 5.41) is 3.35. The van der Waals surface area contributed by atoms with Crippen molar-refractivity contribution in [3.8, 4) is 11.4 Å². The molecule has 0 amide bonds. The summed E-state index contributed by atoms with van der Waals surface area (Å²) in [7, 11) is -3.53. The van der Waals surface area contributed by atoms with Gasteiger partial charge in [0.15, 0.2) is 0 Å². The maximum absolute atomic E-state index is 12.8. The first-order chi connectivity index (χ1) is 13.2. The number of hydrogen-bond donors (Lipinski definition) is 0. The Kier molecular flexibility index (Phi) is 6.06. The summed E-state index contributed by atoms with van der Waals surface area (Å²) in [6.07, 6.45) is -2.30. The summed E-state index contributed by atoms with van der Waals surface area (Å²) in [6, 6.07) is 6.40. The van der Waals surface area contributed by atoms with Crippen LogP contribution >= 0.6 is 0 Å². The van der Waals surface area contributed by atoms with E-state index in [2.05, 4.69) is 14.7 Å². The average Bonchev–Trinajstić information content (AvgIpc) is 3.34. The highest BCUT2D eigenvalue weighted by molar-refractivity contribution is 7.86. The average molecular weight is 418 g/mol. The Morgan fingerprint density at radius 2 is 1.82 bits per heavy atom. The molecule has 1 aliphatic rings. The smallest absolute Gasteiger partial charge is 0.329 e. The molecule has 0 atom stereocenters. The van der Waals surface area contributed by atoms with Gasteiger partial charge >= 0.3 is 12.1 Å². The highest BCUT2D eigenvalue weighted by atomic mass is 32.2. The van der Waals surface area contributed by atoms with Crippen molar-refractivity contribution in [2.45, 2.75) is 38.9 Å². The van der Waals surface area contributed by atoms with Gasteiger partial charge in [0, 0.05) is 31.7 Å². The van der Waals surface area contributed by atoms with Crippen LogP contribution in [-0.4, -0.2) is 46.8 Å². The van der Waals surface area contributed by atoms with E-state index in [9.17, 15) is 21.6 Å². The Balaban J connectivity index is 1.75. The molecule has 3 rings (SSSR count). The van der Waals surface area contributed by atoms with Gasteiger partial charge in [-0.2, -0.15) is 35.2 Å². The second-order valence-corrected chi connectivity index (χ2v) is 8.49. The monoisotopic (exact) mass is 418 g/mol. The van der Waals surface area contributed by atoms with Gasteiger partial charge < -0.3 is 4.52 Å². The van der Waals surface area contributed by atoms with Crippen molar-refractivity contribution in [3.63, 3.8) is 0 Å². The van der Waals surface area contributed by atoms with Crippen molar-refractivity contribution in [2.75, 3.05) is 19.6 Å². The Morgan fingerprint density at radius 3 is 2.36 bits per heavy atom. The normalized spacial score (nSPS) is 16.2. The topological polar surface area (TPSA) is 79.5 Å². The van der Waals surface area contributed by atoms with Crippen molar-refractivity contribution in [3.05, 3.63) is 35.7 Å². The molecule has 2 aromatic rings. The lowest BCUT2D eigenvalue weighted by Crippen LogP contribution is -2.42. The standard InChI is InChI=1S/C17H21F3N4O3S/c1-2-9-24(28(25,26)23-10-3-4-11-23)12-13-5-7-14(8-6-13)15-21-16(27-22-15)17(18,19)20/h5-8H,2-4,9-12H2,1H3. The zero-order valence-electron chi connectivity index (χ0n) is 15.3. The molecule has 1 saturated heterocycles. The number of rotatable bonds is 7. The molecule has 7 nitrogen and oxygen atoms in total. The van der Waals surface area contributed by atoms with Gasteiger partial charge in [0.2, 0.25) is 5.82 Å². The molecule has 0 N–H and O–H groups in total. The first-order valence-corrected chi connectivity index (χ1v) is 10.4. The minimum atomic E-state index is -4.70. The molecule has 0 radical (unpaired) electrons. The molecule has 0 aliphatic carbocycles. The van der Waals surface area contributed by atoms with E-state index in [1.807, 2.05) is 6.92 Å². The first-order valence-electron chi connectivity index (χ1n) is 8.97. The van der Waals surface area contributed by atoms with Gasteiger partial charge in [-0.1, -0.05) is 36.3 Å². The van der Waals surface area contributed by atoms with Crippen molar-refractivity contribution in [2.24, 2.45) is 0 Å². The van der Waals surface area contributed by atoms with E-state index in [4.69, 9.17) is 0 Å². The largest absolute Gasteiger partial charge is 0.471 e. The quantitative estimate of drug-likeness (QED) is 0.689. The number of nitrogens with zero attached hydrogens (tertiary/aromatic N) is 4. The first kappa shape index (κ1) is 20.7. The minimum absolute atomic E-state index is 0.172. The van der Waals surface area contributed by atoms with E-state index in [0.717, 1.165) is 18.4 Å². The van der Waals surface area contributed by atoms with Gasteiger partial charge in [-0.25, -0.2) is 0 Å². The van der Waals surface area contributed by atoms with E-state index in [1.54, 1.807) is 24.3 Å².